The first-order valence-corrected chi connectivity index (χ1v) is 10.7. The lowest BCUT2D eigenvalue weighted by Gasteiger charge is -2.28. The molecule has 1 aromatic heterocycles. The van der Waals surface area contributed by atoms with Crippen molar-refractivity contribution in [3.8, 4) is 11.4 Å². The number of rotatable bonds is 8. The fourth-order valence-electron chi connectivity index (χ4n) is 3.63. The van der Waals surface area contributed by atoms with Crippen LogP contribution in [0.5, 0.6) is 5.75 Å². The van der Waals surface area contributed by atoms with E-state index in [9.17, 15) is 19.7 Å². The number of aromatic nitrogens is 3. The maximum absolute atomic E-state index is 12.4. The summed E-state index contributed by atoms with van der Waals surface area (Å²) in [5.41, 5.74) is 2.12. The number of amides is 2. The quantitative estimate of drug-likeness (QED) is 0.285. The zero-order chi connectivity index (χ0) is 24.9. The van der Waals surface area contributed by atoms with E-state index in [0.717, 1.165) is 0 Å². The SMILES string of the molecule is CCOC(=O)C1=C(C)NC(=O)NC1c1ccc(OCc2cn(-c3ccccc3[N+](=O)[O-])nn2)cc1. The summed E-state index contributed by atoms with van der Waals surface area (Å²) in [7, 11) is 0. The Morgan fingerprint density at radius 1 is 1.20 bits per heavy atom. The Labute approximate surface area is 199 Å². The van der Waals surface area contributed by atoms with Crippen LogP contribution in [0.2, 0.25) is 0 Å². The topological polar surface area (TPSA) is 151 Å². The summed E-state index contributed by atoms with van der Waals surface area (Å²) in [6.45, 7) is 3.65. The van der Waals surface area contributed by atoms with Crippen molar-refractivity contribution in [3.63, 3.8) is 0 Å². The minimum absolute atomic E-state index is 0.0805. The van der Waals surface area contributed by atoms with Gasteiger partial charge in [-0.25, -0.2) is 14.3 Å². The summed E-state index contributed by atoms with van der Waals surface area (Å²) in [4.78, 5) is 35.2. The Balaban J connectivity index is 1.46. The second-order valence-corrected chi connectivity index (χ2v) is 7.55. The first kappa shape index (κ1) is 23.4. The van der Waals surface area contributed by atoms with Gasteiger partial charge in [0.05, 0.1) is 29.3 Å². The van der Waals surface area contributed by atoms with Crippen LogP contribution in [0.3, 0.4) is 0 Å². The molecule has 35 heavy (non-hydrogen) atoms. The van der Waals surface area contributed by atoms with Crippen molar-refractivity contribution in [2.45, 2.75) is 26.5 Å². The lowest BCUT2D eigenvalue weighted by atomic mass is 9.95. The van der Waals surface area contributed by atoms with Crippen LogP contribution in [0.1, 0.15) is 31.1 Å². The van der Waals surface area contributed by atoms with Crippen LogP contribution in [0.25, 0.3) is 5.69 Å². The van der Waals surface area contributed by atoms with Crippen molar-refractivity contribution in [2.24, 2.45) is 0 Å². The number of ether oxygens (including phenoxy) is 2. The molecule has 2 N–H and O–H groups in total. The van der Waals surface area contributed by atoms with Gasteiger partial charge in [0, 0.05) is 11.8 Å². The minimum atomic E-state index is -0.668. The van der Waals surface area contributed by atoms with E-state index >= 15 is 0 Å². The Kier molecular flexibility index (Phi) is 6.71. The highest BCUT2D eigenvalue weighted by molar-refractivity contribution is 5.95. The highest BCUT2D eigenvalue weighted by Crippen LogP contribution is 2.29. The molecule has 3 aromatic rings. The van der Waals surface area contributed by atoms with Gasteiger partial charge in [0.2, 0.25) is 0 Å². The van der Waals surface area contributed by atoms with Gasteiger partial charge < -0.3 is 20.1 Å². The Morgan fingerprint density at radius 3 is 2.66 bits per heavy atom. The molecule has 0 saturated heterocycles. The standard InChI is InChI=1S/C23H22N6O6/c1-3-34-22(30)20-14(2)24-23(31)25-21(20)15-8-10-17(11-9-15)35-13-16-12-28(27-26-16)18-6-4-5-7-19(18)29(32)33/h4-12,21H,3,13H2,1-2H3,(H2,24,25,31). The Hall–Kier alpha value is -4.74. The minimum Gasteiger partial charge on any atom is -0.487 e. The van der Waals surface area contributed by atoms with Crippen molar-refractivity contribution in [3.05, 3.63) is 87.4 Å². The monoisotopic (exact) mass is 478 g/mol. The maximum atomic E-state index is 12.4. The smallest absolute Gasteiger partial charge is 0.338 e. The molecule has 2 aromatic carbocycles. The average molecular weight is 478 g/mol. The summed E-state index contributed by atoms with van der Waals surface area (Å²) >= 11 is 0. The molecule has 0 aliphatic carbocycles. The third-order valence-corrected chi connectivity index (χ3v) is 5.23. The molecular weight excluding hydrogens is 456 g/mol. The van der Waals surface area contributed by atoms with Crippen LogP contribution in [-0.4, -0.2) is 38.5 Å². The molecule has 1 aliphatic rings. The fourth-order valence-corrected chi connectivity index (χ4v) is 3.63. The van der Waals surface area contributed by atoms with Gasteiger partial charge in [0.1, 0.15) is 23.7 Å². The molecule has 0 spiro atoms. The molecule has 12 nitrogen and oxygen atoms in total. The third-order valence-electron chi connectivity index (χ3n) is 5.23. The fraction of sp³-hybridized carbons (Fsp3) is 0.217. The highest BCUT2D eigenvalue weighted by Gasteiger charge is 2.32. The third kappa shape index (κ3) is 5.11. The second-order valence-electron chi connectivity index (χ2n) is 7.55. The van der Waals surface area contributed by atoms with Gasteiger partial charge in [0.15, 0.2) is 0 Å². The average Bonchev–Trinajstić information content (AvgIpc) is 3.31. The molecule has 1 unspecified atom stereocenters. The molecule has 1 aliphatic heterocycles. The van der Waals surface area contributed by atoms with E-state index in [2.05, 4.69) is 20.9 Å². The molecule has 0 bridgehead atoms. The molecule has 4 rings (SSSR count). The molecule has 2 heterocycles. The van der Waals surface area contributed by atoms with Crippen molar-refractivity contribution in [1.29, 1.82) is 0 Å². The van der Waals surface area contributed by atoms with Crippen LogP contribution < -0.4 is 15.4 Å². The first-order chi connectivity index (χ1) is 16.9. The van der Waals surface area contributed by atoms with Gasteiger partial charge in [-0.2, -0.15) is 0 Å². The number of allylic oxidation sites excluding steroid dienone is 1. The molecule has 0 fully saturated rings. The molecule has 1 atom stereocenters. The highest BCUT2D eigenvalue weighted by atomic mass is 16.6. The number of nitrogens with zero attached hydrogens (tertiary/aromatic N) is 4. The van der Waals surface area contributed by atoms with Gasteiger partial charge in [-0.15, -0.1) is 5.10 Å². The Bertz CT molecular complexity index is 1300. The summed E-state index contributed by atoms with van der Waals surface area (Å²) in [5.74, 6) is 0.0113. The van der Waals surface area contributed by atoms with E-state index in [1.807, 2.05) is 0 Å². The van der Waals surface area contributed by atoms with Crippen molar-refractivity contribution < 1.29 is 24.0 Å². The second kappa shape index (κ2) is 10.0. The van der Waals surface area contributed by atoms with Crippen LogP contribution in [0, 0.1) is 10.1 Å². The van der Waals surface area contributed by atoms with E-state index in [-0.39, 0.29) is 18.9 Å². The zero-order valence-corrected chi connectivity index (χ0v) is 18.9. The summed E-state index contributed by atoms with van der Waals surface area (Å²) < 4.78 is 12.2. The first-order valence-electron chi connectivity index (χ1n) is 10.7. The molecule has 0 saturated carbocycles. The Morgan fingerprint density at radius 2 is 1.94 bits per heavy atom. The van der Waals surface area contributed by atoms with Gasteiger partial charge >= 0.3 is 12.0 Å². The number of hydrogen-bond acceptors (Lipinski definition) is 8. The molecule has 0 radical (unpaired) electrons. The number of carbonyl (C=O) groups is 2. The van der Waals surface area contributed by atoms with Crippen molar-refractivity contribution in [2.75, 3.05) is 6.61 Å². The normalized spacial score (nSPS) is 15.3. The predicted molar refractivity (Wildman–Crippen MR) is 123 cm³/mol. The number of nitro groups is 1. The molecular formula is C23H22N6O6. The number of urea groups is 1. The zero-order valence-electron chi connectivity index (χ0n) is 18.9. The predicted octanol–water partition coefficient (Wildman–Crippen LogP) is 2.95. The van der Waals surface area contributed by atoms with Crippen LogP contribution in [0.15, 0.2) is 66.0 Å². The molecule has 2 amide bonds. The number of nitrogens with one attached hydrogen (secondary N) is 2. The van der Waals surface area contributed by atoms with E-state index in [4.69, 9.17) is 9.47 Å². The van der Waals surface area contributed by atoms with E-state index in [0.29, 0.717) is 34.0 Å². The van der Waals surface area contributed by atoms with Gasteiger partial charge in [0.25, 0.3) is 5.69 Å². The summed E-state index contributed by atoms with van der Waals surface area (Å²) in [6, 6.07) is 12.0. The van der Waals surface area contributed by atoms with Crippen molar-refractivity contribution in [1.82, 2.24) is 25.6 Å². The van der Waals surface area contributed by atoms with E-state index < -0.39 is 23.0 Å². The van der Waals surface area contributed by atoms with Crippen molar-refractivity contribution >= 4 is 17.7 Å². The molecule has 180 valence electrons. The van der Waals surface area contributed by atoms with Gasteiger partial charge in [-0.1, -0.05) is 29.5 Å². The number of hydrogen-bond donors (Lipinski definition) is 2. The lowest BCUT2D eigenvalue weighted by molar-refractivity contribution is -0.384. The number of esters is 1. The summed E-state index contributed by atoms with van der Waals surface area (Å²) in [6.07, 6.45) is 1.56. The van der Waals surface area contributed by atoms with E-state index in [1.165, 1.54) is 10.7 Å². The van der Waals surface area contributed by atoms with Crippen LogP contribution in [-0.2, 0) is 16.1 Å². The van der Waals surface area contributed by atoms with Crippen LogP contribution in [0.4, 0.5) is 10.5 Å². The number of nitro benzene ring substituents is 1. The van der Waals surface area contributed by atoms with Gasteiger partial charge in [-0.3, -0.25) is 10.1 Å². The number of para-hydroxylation sites is 2. The maximum Gasteiger partial charge on any atom is 0.338 e. The number of benzene rings is 2. The van der Waals surface area contributed by atoms with E-state index in [1.54, 1.807) is 62.5 Å². The largest absolute Gasteiger partial charge is 0.487 e. The lowest BCUT2D eigenvalue weighted by Crippen LogP contribution is -2.45. The molecule has 12 heteroatoms. The summed E-state index contributed by atoms with van der Waals surface area (Å²) in [5, 5.41) is 24.6. The van der Waals surface area contributed by atoms with Gasteiger partial charge in [-0.05, 0) is 37.6 Å². The number of carbonyl (C=O) groups excluding carboxylic acids is 2. The van der Waals surface area contributed by atoms with Crippen LogP contribution >= 0.6 is 0 Å².